The Morgan fingerprint density at radius 1 is 0.894 bits per heavy atom. The number of hydrogen-bond donors (Lipinski definition) is 1. The van der Waals surface area contributed by atoms with Crippen LogP contribution in [0.1, 0.15) is 51.5 Å². The second-order valence-electron chi connectivity index (χ2n) is 13.7. The van der Waals surface area contributed by atoms with Gasteiger partial charge in [-0.2, -0.15) is 0 Å². The molecule has 7 rings (SSSR count). The van der Waals surface area contributed by atoms with Crippen molar-refractivity contribution in [1.82, 2.24) is 9.80 Å². The Bertz CT molecular complexity index is 1560. The molecule has 0 radical (unpaired) electrons. The molecule has 1 saturated carbocycles. The van der Waals surface area contributed by atoms with Gasteiger partial charge in [0, 0.05) is 29.6 Å². The van der Waals surface area contributed by atoms with E-state index in [1.54, 1.807) is 21.6 Å². The average molecular weight is 656 g/mol. The van der Waals surface area contributed by atoms with Crippen molar-refractivity contribution in [2.45, 2.75) is 80.0 Å². The molecular formula is C38H45N3O5S. The van der Waals surface area contributed by atoms with E-state index in [1.165, 1.54) is 6.42 Å². The highest BCUT2D eigenvalue weighted by Crippen LogP contribution is 2.66. The van der Waals surface area contributed by atoms with Crippen molar-refractivity contribution in [2.75, 3.05) is 31.2 Å². The molecule has 2 saturated heterocycles. The lowest BCUT2D eigenvalue weighted by Gasteiger charge is -2.42. The van der Waals surface area contributed by atoms with Gasteiger partial charge in [0.25, 0.3) is 0 Å². The first kappa shape index (κ1) is 32.0. The fourth-order valence-electron chi connectivity index (χ4n) is 8.85. The maximum absolute atomic E-state index is 15.1. The minimum absolute atomic E-state index is 0.0587. The summed E-state index contributed by atoms with van der Waals surface area (Å²) in [6.45, 7) is 5.13. The van der Waals surface area contributed by atoms with Gasteiger partial charge >= 0.3 is 0 Å². The molecule has 2 aromatic carbocycles. The maximum Gasteiger partial charge on any atom is 0.247 e. The number of thioether (sulfide) groups is 1. The summed E-state index contributed by atoms with van der Waals surface area (Å²) < 4.78 is 3.98. The Hall–Kier alpha value is -3.56. The molecule has 9 heteroatoms. The molecule has 47 heavy (non-hydrogen) atoms. The van der Waals surface area contributed by atoms with Crippen LogP contribution >= 0.6 is 11.8 Å². The van der Waals surface area contributed by atoms with Crippen molar-refractivity contribution in [3.8, 4) is 5.75 Å². The SMILES string of the molecule is CCOc1ccc(N2CC=C[C@]3(C)S[C@]45C=CCN(C6CCCCC6)C(=O)C4N([C@@H](CO)Cc4ccccc4)C(=O)[C@@H]5[C@@H]3C2=O)cc1. The van der Waals surface area contributed by atoms with Crippen molar-refractivity contribution < 1.29 is 24.2 Å². The first-order valence-electron chi connectivity index (χ1n) is 17.2. The van der Waals surface area contributed by atoms with E-state index in [1.807, 2.05) is 72.5 Å². The van der Waals surface area contributed by atoms with E-state index in [9.17, 15) is 14.7 Å². The fraction of sp³-hybridized carbons (Fsp3) is 0.500. The van der Waals surface area contributed by atoms with Gasteiger partial charge in [-0.25, -0.2) is 0 Å². The Balaban J connectivity index is 1.32. The maximum atomic E-state index is 15.1. The molecule has 0 aromatic heterocycles. The second-order valence-corrected chi connectivity index (χ2v) is 15.5. The van der Waals surface area contributed by atoms with Crippen LogP contribution < -0.4 is 9.64 Å². The van der Waals surface area contributed by atoms with Crippen LogP contribution in [0, 0.1) is 11.8 Å². The van der Waals surface area contributed by atoms with Gasteiger partial charge in [0.2, 0.25) is 17.7 Å². The van der Waals surface area contributed by atoms with Crippen molar-refractivity contribution >= 4 is 35.2 Å². The van der Waals surface area contributed by atoms with Crippen molar-refractivity contribution in [3.63, 3.8) is 0 Å². The predicted molar refractivity (Wildman–Crippen MR) is 184 cm³/mol. The Morgan fingerprint density at radius 3 is 2.32 bits per heavy atom. The highest BCUT2D eigenvalue weighted by molar-refractivity contribution is 8.02. The molecule has 1 N–H and O–H groups in total. The lowest BCUT2D eigenvalue weighted by atomic mass is 9.74. The molecule has 248 valence electrons. The number of aliphatic hydroxyl groups is 1. The summed E-state index contributed by atoms with van der Waals surface area (Å²) in [5, 5.41) is 10.9. The third kappa shape index (κ3) is 5.39. The molecule has 6 atom stereocenters. The number of amides is 3. The van der Waals surface area contributed by atoms with Crippen LogP contribution in [0.3, 0.4) is 0 Å². The van der Waals surface area contributed by atoms with Crippen LogP contribution in [-0.2, 0) is 20.8 Å². The highest BCUT2D eigenvalue weighted by atomic mass is 32.2. The highest BCUT2D eigenvalue weighted by Gasteiger charge is 2.74. The number of benzene rings is 2. The number of carbonyl (C=O) groups excluding carboxylic acids is 3. The summed E-state index contributed by atoms with van der Waals surface area (Å²) in [5.74, 6) is -1.13. The number of fused-ring (bicyclic) bond motifs is 2. The number of likely N-dealkylation sites (tertiary alicyclic amines) is 1. The zero-order valence-electron chi connectivity index (χ0n) is 27.3. The summed E-state index contributed by atoms with van der Waals surface area (Å²) in [5.41, 5.74) is 1.73. The Labute approximate surface area is 281 Å². The molecule has 1 aliphatic carbocycles. The molecule has 1 spiro atoms. The third-order valence-electron chi connectivity index (χ3n) is 10.9. The summed E-state index contributed by atoms with van der Waals surface area (Å²) in [4.78, 5) is 50.3. The first-order chi connectivity index (χ1) is 22.8. The van der Waals surface area contributed by atoms with Gasteiger partial charge in [0.05, 0.1) is 35.8 Å². The topological polar surface area (TPSA) is 90.4 Å². The molecule has 3 fully saturated rings. The standard InChI is InChI=1S/C38H45N3O5S/c1-3-46-30-18-16-28(17-19-30)39-22-10-20-37(2)31(34(39)43)32-35(44)41(29(25-42)24-26-12-6-4-7-13-26)33-36(45)40(27-14-8-5-9-15-27)23-11-21-38(32,33)47-37/h4,6-7,10-13,16-21,27,29,31-33,42H,3,5,8-9,14-15,22-25H2,1-2H3/t29-,31-,32+,33?,37+,38+/m1/s1. The molecular weight excluding hydrogens is 611 g/mol. The van der Waals surface area contributed by atoms with E-state index in [-0.39, 0.29) is 30.4 Å². The lowest BCUT2D eigenvalue weighted by Crippen LogP contribution is -2.58. The first-order valence-corrected chi connectivity index (χ1v) is 18.0. The molecule has 1 unspecified atom stereocenters. The smallest absolute Gasteiger partial charge is 0.247 e. The van der Waals surface area contributed by atoms with E-state index in [0.717, 1.165) is 42.7 Å². The molecule has 4 aliphatic heterocycles. The van der Waals surface area contributed by atoms with E-state index in [2.05, 4.69) is 25.2 Å². The van der Waals surface area contributed by atoms with Crippen LogP contribution in [0.4, 0.5) is 5.69 Å². The quantitative estimate of drug-likeness (QED) is 0.403. The van der Waals surface area contributed by atoms with E-state index < -0.39 is 33.4 Å². The summed E-state index contributed by atoms with van der Waals surface area (Å²) in [7, 11) is 0. The van der Waals surface area contributed by atoms with Gasteiger partial charge in [0.1, 0.15) is 11.8 Å². The number of ether oxygens (including phenoxy) is 1. The van der Waals surface area contributed by atoms with Crippen molar-refractivity contribution in [3.05, 3.63) is 84.5 Å². The normalized spacial score (nSPS) is 31.3. The van der Waals surface area contributed by atoms with Crippen LogP contribution in [0.15, 0.2) is 78.9 Å². The van der Waals surface area contributed by atoms with E-state index in [4.69, 9.17) is 4.74 Å². The minimum Gasteiger partial charge on any atom is -0.494 e. The van der Waals surface area contributed by atoms with Gasteiger partial charge in [-0.3, -0.25) is 14.4 Å². The van der Waals surface area contributed by atoms with E-state index >= 15 is 4.79 Å². The van der Waals surface area contributed by atoms with Gasteiger partial charge in [0.15, 0.2) is 0 Å². The Kier molecular flexibility index (Phi) is 8.72. The minimum atomic E-state index is -0.955. The average Bonchev–Trinajstić information content (AvgIpc) is 3.36. The van der Waals surface area contributed by atoms with Gasteiger partial charge in [-0.15, -0.1) is 11.8 Å². The van der Waals surface area contributed by atoms with Crippen LogP contribution in [-0.4, -0.2) is 86.6 Å². The van der Waals surface area contributed by atoms with E-state index in [0.29, 0.717) is 26.1 Å². The number of hydrogen-bond acceptors (Lipinski definition) is 6. The largest absolute Gasteiger partial charge is 0.494 e. The zero-order chi connectivity index (χ0) is 32.8. The van der Waals surface area contributed by atoms with Crippen LogP contribution in [0.5, 0.6) is 5.75 Å². The molecule has 4 heterocycles. The van der Waals surface area contributed by atoms with Gasteiger partial charge in [-0.1, -0.05) is 73.9 Å². The number of nitrogens with zero attached hydrogens (tertiary/aromatic N) is 3. The molecule has 8 nitrogen and oxygen atoms in total. The van der Waals surface area contributed by atoms with Gasteiger partial charge in [-0.05, 0) is 62.9 Å². The molecule has 0 bridgehead atoms. The van der Waals surface area contributed by atoms with Crippen molar-refractivity contribution in [1.29, 1.82) is 0 Å². The number of aliphatic hydroxyl groups excluding tert-OH is 1. The van der Waals surface area contributed by atoms with Crippen molar-refractivity contribution in [2.24, 2.45) is 11.8 Å². The Morgan fingerprint density at radius 2 is 1.62 bits per heavy atom. The zero-order valence-corrected chi connectivity index (χ0v) is 28.1. The van der Waals surface area contributed by atoms with Gasteiger partial charge < -0.3 is 24.5 Å². The van der Waals surface area contributed by atoms with Crippen LogP contribution in [0.25, 0.3) is 0 Å². The monoisotopic (exact) mass is 655 g/mol. The summed E-state index contributed by atoms with van der Waals surface area (Å²) in [6.07, 6.45) is 13.9. The molecule has 3 amide bonds. The third-order valence-corrected chi connectivity index (χ3v) is 12.7. The summed E-state index contributed by atoms with van der Waals surface area (Å²) in [6, 6.07) is 16.0. The predicted octanol–water partition coefficient (Wildman–Crippen LogP) is 5.01. The summed E-state index contributed by atoms with van der Waals surface area (Å²) >= 11 is 1.60. The molecule has 5 aliphatic rings. The fourth-order valence-corrected chi connectivity index (χ4v) is 11.0. The number of carbonyl (C=O) groups is 3. The number of rotatable bonds is 8. The second kappa shape index (κ2) is 12.8. The molecule has 2 aromatic rings. The van der Waals surface area contributed by atoms with Crippen LogP contribution in [0.2, 0.25) is 0 Å². The number of anilines is 1. The lowest BCUT2D eigenvalue weighted by molar-refractivity contribution is -0.147.